The monoisotopic (exact) mass is 245 g/mol. The number of carbonyl (C=O) groups excluding carboxylic acids is 2. The van der Waals surface area contributed by atoms with E-state index in [2.05, 4.69) is 24.3 Å². The number of aryl methyl sites for hydroxylation is 2. The van der Waals surface area contributed by atoms with Crippen LogP contribution in [0.3, 0.4) is 0 Å². The normalized spacial score (nSPS) is 18.9. The van der Waals surface area contributed by atoms with E-state index in [1.165, 1.54) is 11.1 Å². The summed E-state index contributed by atoms with van der Waals surface area (Å²) in [7, 11) is 0. The molecule has 1 heterocycles. The molecule has 0 aliphatic carbocycles. The molecule has 1 aliphatic heterocycles. The Hall–Kier alpha value is -1.64. The van der Waals surface area contributed by atoms with Gasteiger partial charge in [0.25, 0.3) is 0 Å². The zero-order valence-corrected chi connectivity index (χ0v) is 10.8. The number of likely N-dealkylation sites (tertiary alicyclic amines) is 1. The van der Waals surface area contributed by atoms with Gasteiger partial charge in [0.1, 0.15) is 6.29 Å². The second kappa shape index (κ2) is 5.80. The quantitative estimate of drug-likeness (QED) is 0.762. The van der Waals surface area contributed by atoms with Crippen molar-refractivity contribution in [1.82, 2.24) is 4.90 Å². The third-order valence-electron chi connectivity index (χ3n) is 3.52. The number of benzene rings is 1. The van der Waals surface area contributed by atoms with Gasteiger partial charge < -0.3 is 9.69 Å². The summed E-state index contributed by atoms with van der Waals surface area (Å²) < 4.78 is 0. The molecular formula is C15H19NO2. The van der Waals surface area contributed by atoms with E-state index in [4.69, 9.17) is 0 Å². The van der Waals surface area contributed by atoms with Gasteiger partial charge in [0.2, 0.25) is 5.91 Å². The first-order valence-electron chi connectivity index (χ1n) is 6.51. The molecule has 1 aliphatic rings. The first-order chi connectivity index (χ1) is 8.70. The molecule has 0 N–H and O–H groups in total. The molecule has 0 spiro atoms. The molecule has 1 atom stereocenters. The second-order valence-electron chi connectivity index (χ2n) is 4.92. The average Bonchev–Trinajstić information content (AvgIpc) is 2.86. The van der Waals surface area contributed by atoms with Crippen molar-refractivity contribution in [2.45, 2.75) is 38.6 Å². The molecule has 0 unspecified atom stereocenters. The van der Waals surface area contributed by atoms with E-state index >= 15 is 0 Å². The fourth-order valence-electron chi connectivity index (χ4n) is 2.39. The summed E-state index contributed by atoms with van der Waals surface area (Å²) in [6, 6.07) is 8.05. The molecule has 96 valence electrons. The summed E-state index contributed by atoms with van der Waals surface area (Å²) in [5.41, 5.74) is 2.40. The summed E-state index contributed by atoms with van der Waals surface area (Å²) in [5, 5.41) is 0. The van der Waals surface area contributed by atoms with Crippen LogP contribution in [0.4, 0.5) is 0 Å². The van der Waals surface area contributed by atoms with Crippen LogP contribution < -0.4 is 0 Å². The van der Waals surface area contributed by atoms with Crippen LogP contribution in [0.15, 0.2) is 24.3 Å². The first kappa shape index (κ1) is 12.8. The predicted molar refractivity (Wildman–Crippen MR) is 70.3 cm³/mol. The van der Waals surface area contributed by atoms with Gasteiger partial charge in [0.05, 0.1) is 6.04 Å². The van der Waals surface area contributed by atoms with Crippen LogP contribution in [-0.2, 0) is 16.0 Å². The molecule has 0 aromatic heterocycles. The molecule has 0 bridgehead atoms. The minimum Gasteiger partial charge on any atom is -0.333 e. The highest BCUT2D eigenvalue weighted by atomic mass is 16.2. The maximum absolute atomic E-state index is 12.0. The maximum Gasteiger partial charge on any atom is 0.223 e. The Kier molecular flexibility index (Phi) is 4.13. The number of carbonyl (C=O) groups is 2. The molecule has 1 fully saturated rings. The van der Waals surface area contributed by atoms with E-state index in [0.29, 0.717) is 6.42 Å². The number of rotatable bonds is 4. The van der Waals surface area contributed by atoms with Crippen molar-refractivity contribution in [3.63, 3.8) is 0 Å². The summed E-state index contributed by atoms with van der Waals surface area (Å²) in [4.78, 5) is 24.6. The molecule has 18 heavy (non-hydrogen) atoms. The van der Waals surface area contributed by atoms with Gasteiger partial charge in [-0.25, -0.2) is 0 Å². The van der Waals surface area contributed by atoms with Crippen LogP contribution in [-0.4, -0.2) is 29.7 Å². The molecule has 1 aromatic rings. The van der Waals surface area contributed by atoms with Gasteiger partial charge in [-0.1, -0.05) is 29.8 Å². The van der Waals surface area contributed by atoms with Gasteiger partial charge in [-0.15, -0.1) is 0 Å². The van der Waals surface area contributed by atoms with Crippen molar-refractivity contribution in [3.8, 4) is 0 Å². The molecule has 3 nitrogen and oxygen atoms in total. The molecule has 3 heteroatoms. The second-order valence-corrected chi connectivity index (χ2v) is 4.92. The van der Waals surface area contributed by atoms with Gasteiger partial charge in [-0.05, 0) is 31.7 Å². The molecular weight excluding hydrogens is 226 g/mol. The van der Waals surface area contributed by atoms with Crippen molar-refractivity contribution in [2.24, 2.45) is 0 Å². The average molecular weight is 245 g/mol. The SMILES string of the molecule is Cc1ccc(CCC(=O)N2CCC[C@H]2C=O)cc1. The fraction of sp³-hybridized carbons (Fsp3) is 0.467. The van der Waals surface area contributed by atoms with E-state index < -0.39 is 0 Å². The van der Waals surface area contributed by atoms with Crippen LogP contribution in [0.1, 0.15) is 30.4 Å². The third kappa shape index (κ3) is 2.97. The summed E-state index contributed by atoms with van der Waals surface area (Å²) in [6.45, 7) is 2.78. The van der Waals surface area contributed by atoms with E-state index in [9.17, 15) is 9.59 Å². The van der Waals surface area contributed by atoms with Crippen LogP contribution in [0.25, 0.3) is 0 Å². The molecule has 1 amide bonds. The van der Waals surface area contributed by atoms with Crippen LogP contribution in [0.2, 0.25) is 0 Å². The van der Waals surface area contributed by atoms with Crippen LogP contribution in [0, 0.1) is 6.92 Å². The van der Waals surface area contributed by atoms with Crippen LogP contribution >= 0.6 is 0 Å². The van der Waals surface area contributed by atoms with Crippen molar-refractivity contribution in [2.75, 3.05) is 6.54 Å². The molecule has 1 saturated heterocycles. The zero-order valence-electron chi connectivity index (χ0n) is 10.8. The lowest BCUT2D eigenvalue weighted by molar-refractivity contribution is -0.134. The van der Waals surface area contributed by atoms with Gasteiger partial charge >= 0.3 is 0 Å². The smallest absolute Gasteiger partial charge is 0.223 e. The number of nitrogens with zero attached hydrogens (tertiary/aromatic N) is 1. The molecule has 0 saturated carbocycles. The maximum atomic E-state index is 12.0. The van der Waals surface area contributed by atoms with E-state index in [1.54, 1.807) is 4.90 Å². The van der Waals surface area contributed by atoms with Crippen molar-refractivity contribution in [1.29, 1.82) is 0 Å². The van der Waals surface area contributed by atoms with Gasteiger partial charge in [-0.3, -0.25) is 4.79 Å². The van der Waals surface area contributed by atoms with E-state index in [-0.39, 0.29) is 11.9 Å². The van der Waals surface area contributed by atoms with E-state index in [1.807, 2.05) is 6.92 Å². The Labute approximate surface area is 108 Å². The first-order valence-corrected chi connectivity index (χ1v) is 6.51. The van der Waals surface area contributed by atoms with Crippen molar-refractivity contribution >= 4 is 12.2 Å². The third-order valence-corrected chi connectivity index (χ3v) is 3.52. The van der Waals surface area contributed by atoms with Gasteiger partial charge in [0, 0.05) is 13.0 Å². The topological polar surface area (TPSA) is 37.4 Å². The van der Waals surface area contributed by atoms with E-state index in [0.717, 1.165) is 32.1 Å². The number of hydrogen-bond acceptors (Lipinski definition) is 2. The van der Waals surface area contributed by atoms with Crippen LogP contribution in [0.5, 0.6) is 0 Å². The van der Waals surface area contributed by atoms with Crippen molar-refractivity contribution < 1.29 is 9.59 Å². The zero-order chi connectivity index (χ0) is 13.0. The lowest BCUT2D eigenvalue weighted by Crippen LogP contribution is -2.36. The Balaban J connectivity index is 1.88. The summed E-state index contributed by atoms with van der Waals surface area (Å²) in [6.07, 6.45) is 3.91. The molecule has 0 radical (unpaired) electrons. The number of hydrogen-bond donors (Lipinski definition) is 0. The number of aldehydes is 1. The highest BCUT2D eigenvalue weighted by Crippen LogP contribution is 2.17. The lowest BCUT2D eigenvalue weighted by atomic mass is 10.1. The minimum absolute atomic E-state index is 0.102. The molecule has 1 aromatic carbocycles. The van der Waals surface area contributed by atoms with Gasteiger partial charge in [-0.2, -0.15) is 0 Å². The Bertz CT molecular complexity index is 425. The Morgan fingerprint density at radius 3 is 2.78 bits per heavy atom. The standard InChI is InChI=1S/C15H19NO2/c1-12-4-6-13(7-5-12)8-9-15(18)16-10-2-3-14(16)11-17/h4-7,11,14H,2-3,8-10H2,1H3/t14-/m0/s1. The Morgan fingerprint density at radius 1 is 1.39 bits per heavy atom. The minimum atomic E-state index is -0.185. The highest BCUT2D eigenvalue weighted by molar-refractivity contribution is 5.80. The Morgan fingerprint density at radius 2 is 2.11 bits per heavy atom. The number of amides is 1. The summed E-state index contributed by atoms with van der Waals surface area (Å²) >= 11 is 0. The van der Waals surface area contributed by atoms with Gasteiger partial charge in [0.15, 0.2) is 0 Å². The summed E-state index contributed by atoms with van der Waals surface area (Å²) in [5.74, 6) is 0.102. The predicted octanol–water partition coefficient (Wildman–Crippen LogP) is 2.12. The lowest BCUT2D eigenvalue weighted by Gasteiger charge is -2.20. The fourth-order valence-corrected chi connectivity index (χ4v) is 2.39. The largest absolute Gasteiger partial charge is 0.333 e. The highest BCUT2D eigenvalue weighted by Gasteiger charge is 2.27. The molecule has 2 rings (SSSR count). The van der Waals surface area contributed by atoms with Crippen molar-refractivity contribution in [3.05, 3.63) is 35.4 Å².